The van der Waals surface area contributed by atoms with Gasteiger partial charge in [-0.25, -0.2) is 0 Å². The maximum absolute atomic E-state index is 5.89. The molecule has 0 N–H and O–H groups in total. The van der Waals surface area contributed by atoms with Crippen molar-refractivity contribution in [2.24, 2.45) is 0 Å². The monoisotopic (exact) mass is 300 g/mol. The number of hydrogen-bond donors (Lipinski definition) is 0. The number of aryl methyl sites for hydroxylation is 1. The highest BCUT2D eigenvalue weighted by Gasteiger charge is 2.09. The van der Waals surface area contributed by atoms with E-state index in [2.05, 4.69) is 10.2 Å². The molecule has 1 heterocycles. The van der Waals surface area contributed by atoms with Crippen LogP contribution in [0.2, 0.25) is 5.02 Å². The fourth-order valence-electron chi connectivity index (χ4n) is 1.91. The molecule has 0 atom stereocenters. The summed E-state index contributed by atoms with van der Waals surface area (Å²) in [4.78, 5) is 0. The number of hydrogen-bond acceptors (Lipinski definition) is 4. The molecule has 0 spiro atoms. The first-order valence-corrected chi connectivity index (χ1v) is 6.86. The van der Waals surface area contributed by atoms with E-state index in [0.29, 0.717) is 22.6 Å². The van der Waals surface area contributed by atoms with Crippen molar-refractivity contribution in [2.45, 2.75) is 13.5 Å². The molecule has 0 saturated heterocycles. The minimum absolute atomic E-state index is 0.207. The van der Waals surface area contributed by atoms with Gasteiger partial charge in [0.05, 0.1) is 0 Å². The van der Waals surface area contributed by atoms with Crippen LogP contribution in [0.4, 0.5) is 0 Å². The second-order valence-corrected chi connectivity index (χ2v) is 5.05. The van der Waals surface area contributed by atoms with Gasteiger partial charge in [-0.2, -0.15) is 0 Å². The quantitative estimate of drug-likeness (QED) is 0.721. The second kappa shape index (κ2) is 5.97. The molecule has 3 rings (SSSR count). The topological polar surface area (TPSA) is 48.2 Å². The first-order chi connectivity index (χ1) is 10.2. The largest absolute Gasteiger partial charge is 0.484 e. The normalized spacial score (nSPS) is 10.6. The Hall–Kier alpha value is -2.33. The summed E-state index contributed by atoms with van der Waals surface area (Å²) in [5.74, 6) is 1.58. The Morgan fingerprint density at radius 3 is 2.76 bits per heavy atom. The molecule has 0 aliphatic heterocycles. The number of nitrogens with zero attached hydrogens (tertiary/aromatic N) is 2. The molecule has 3 aromatic rings. The molecule has 0 amide bonds. The van der Waals surface area contributed by atoms with Crippen molar-refractivity contribution in [1.29, 1.82) is 0 Å². The fraction of sp³-hybridized carbons (Fsp3) is 0.125. The van der Waals surface area contributed by atoms with E-state index in [9.17, 15) is 0 Å². The number of benzene rings is 2. The van der Waals surface area contributed by atoms with Gasteiger partial charge >= 0.3 is 0 Å². The van der Waals surface area contributed by atoms with Gasteiger partial charge in [-0.3, -0.25) is 0 Å². The molecule has 4 nitrogen and oxygen atoms in total. The number of aromatic nitrogens is 2. The highest BCUT2D eigenvalue weighted by atomic mass is 35.5. The van der Waals surface area contributed by atoms with Crippen molar-refractivity contribution in [3.63, 3.8) is 0 Å². The van der Waals surface area contributed by atoms with Crippen LogP contribution in [0.5, 0.6) is 5.75 Å². The SMILES string of the molecule is Cc1cccc(-c2nnc(COc3cccc(Cl)c3)o2)c1. The van der Waals surface area contributed by atoms with Gasteiger partial charge in [0.2, 0.25) is 5.89 Å². The van der Waals surface area contributed by atoms with Gasteiger partial charge in [-0.15, -0.1) is 10.2 Å². The Morgan fingerprint density at radius 1 is 1.10 bits per heavy atom. The van der Waals surface area contributed by atoms with Crippen LogP contribution in [-0.4, -0.2) is 10.2 Å². The Bertz CT molecular complexity index is 755. The zero-order valence-electron chi connectivity index (χ0n) is 11.4. The Labute approximate surface area is 127 Å². The maximum atomic E-state index is 5.89. The van der Waals surface area contributed by atoms with E-state index in [1.165, 1.54) is 0 Å². The van der Waals surface area contributed by atoms with Gasteiger partial charge in [0, 0.05) is 10.6 Å². The van der Waals surface area contributed by atoms with Crippen LogP contribution in [0, 0.1) is 6.92 Å². The summed E-state index contributed by atoms with van der Waals surface area (Å²) in [6, 6.07) is 15.1. The molecule has 0 aliphatic rings. The van der Waals surface area contributed by atoms with E-state index in [-0.39, 0.29) is 6.61 Å². The van der Waals surface area contributed by atoms with Crippen LogP contribution in [-0.2, 0) is 6.61 Å². The third kappa shape index (κ3) is 3.41. The summed E-state index contributed by atoms with van der Waals surface area (Å²) in [5.41, 5.74) is 2.04. The lowest BCUT2D eigenvalue weighted by Gasteiger charge is -2.02. The number of ether oxygens (including phenoxy) is 1. The number of rotatable bonds is 4. The minimum atomic E-state index is 0.207. The van der Waals surface area contributed by atoms with Gasteiger partial charge in [0.15, 0.2) is 6.61 Å². The van der Waals surface area contributed by atoms with Crippen molar-refractivity contribution < 1.29 is 9.15 Å². The summed E-state index contributed by atoms with van der Waals surface area (Å²) in [6.07, 6.45) is 0. The van der Waals surface area contributed by atoms with Crippen molar-refractivity contribution in [2.75, 3.05) is 0 Å². The van der Waals surface area contributed by atoms with Crippen molar-refractivity contribution in [1.82, 2.24) is 10.2 Å². The Kier molecular flexibility index (Phi) is 3.88. The minimum Gasteiger partial charge on any atom is -0.484 e. The van der Waals surface area contributed by atoms with Crippen LogP contribution < -0.4 is 4.74 Å². The van der Waals surface area contributed by atoms with Crippen molar-refractivity contribution >= 4 is 11.6 Å². The zero-order chi connectivity index (χ0) is 14.7. The molecule has 0 fully saturated rings. The lowest BCUT2D eigenvalue weighted by molar-refractivity contribution is 0.264. The van der Waals surface area contributed by atoms with Gasteiger partial charge in [-0.05, 0) is 37.3 Å². The lowest BCUT2D eigenvalue weighted by atomic mass is 10.1. The second-order valence-electron chi connectivity index (χ2n) is 4.62. The van der Waals surface area contributed by atoms with Crippen LogP contribution in [0.1, 0.15) is 11.5 Å². The zero-order valence-corrected chi connectivity index (χ0v) is 12.2. The van der Waals surface area contributed by atoms with Crippen LogP contribution >= 0.6 is 11.6 Å². The fourth-order valence-corrected chi connectivity index (χ4v) is 2.09. The summed E-state index contributed by atoms with van der Waals surface area (Å²) in [5, 5.41) is 8.64. The van der Waals surface area contributed by atoms with Gasteiger partial charge < -0.3 is 9.15 Å². The first-order valence-electron chi connectivity index (χ1n) is 6.48. The highest BCUT2D eigenvalue weighted by Crippen LogP contribution is 2.21. The molecule has 0 radical (unpaired) electrons. The molecule has 106 valence electrons. The van der Waals surface area contributed by atoms with Crippen LogP contribution in [0.3, 0.4) is 0 Å². The van der Waals surface area contributed by atoms with Crippen molar-refractivity contribution in [3.05, 3.63) is 65.0 Å². The lowest BCUT2D eigenvalue weighted by Crippen LogP contribution is -1.95. The third-order valence-electron chi connectivity index (χ3n) is 2.89. The average Bonchev–Trinajstić information content (AvgIpc) is 2.94. The predicted molar refractivity (Wildman–Crippen MR) is 80.3 cm³/mol. The molecule has 1 aromatic heterocycles. The smallest absolute Gasteiger partial charge is 0.254 e. The van der Waals surface area contributed by atoms with Gasteiger partial charge in [0.1, 0.15) is 5.75 Å². The summed E-state index contributed by atoms with van der Waals surface area (Å²) >= 11 is 5.89. The molecule has 0 bridgehead atoms. The molecular formula is C16H13ClN2O2. The van der Waals surface area contributed by atoms with Crippen LogP contribution in [0.15, 0.2) is 52.9 Å². The first kappa shape index (κ1) is 13.6. The summed E-state index contributed by atoms with van der Waals surface area (Å²) < 4.78 is 11.2. The third-order valence-corrected chi connectivity index (χ3v) is 3.13. The Morgan fingerprint density at radius 2 is 1.95 bits per heavy atom. The highest BCUT2D eigenvalue weighted by molar-refractivity contribution is 6.30. The van der Waals surface area contributed by atoms with E-state index >= 15 is 0 Å². The molecule has 0 unspecified atom stereocenters. The average molecular weight is 301 g/mol. The number of halogens is 1. The molecule has 0 aliphatic carbocycles. The maximum Gasteiger partial charge on any atom is 0.254 e. The predicted octanol–water partition coefficient (Wildman–Crippen LogP) is 4.28. The molecule has 2 aromatic carbocycles. The van der Waals surface area contributed by atoms with E-state index in [4.69, 9.17) is 20.8 Å². The van der Waals surface area contributed by atoms with Crippen molar-refractivity contribution in [3.8, 4) is 17.2 Å². The Balaban J connectivity index is 1.71. The van der Waals surface area contributed by atoms with E-state index in [0.717, 1.165) is 11.1 Å². The molecule has 21 heavy (non-hydrogen) atoms. The van der Waals surface area contributed by atoms with Gasteiger partial charge in [-0.1, -0.05) is 35.4 Å². The van der Waals surface area contributed by atoms with Gasteiger partial charge in [0.25, 0.3) is 5.89 Å². The summed E-state index contributed by atoms with van der Waals surface area (Å²) in [7, 11) is 0. The molecular weight excluding hydrogens is 288 g/mol. The van der Waals surface area contributed by atoms with E-state index in [1.54, 1.807) is 12.1 Å². The molecule has 5 heteroatoms. The standard InChI is InChI=1S/C16H13ClN2O2/c1-11-4-2-5-12(8-11)16-19-18-15(21-16)10-20-14-7-3-6-13(17)9-14/h2-9H,10H2,1H3. The molecule has 0 saturated carbocycles. The van der Waals surface area contributed by atoms with Crippen LogP contribution in [0.25, 0.3) is 11.5 Å². The van der Waals surface area contributed by atoms with E-state index < -0.39 is 0 Å². The summed E-state index contributed by atoms with van der Waals surface area (Å²) in [6.45, 7) is 2.22. The van der Waals surface area contributed by atoms with E-state index in [1.807, 2.05) is 43.3 Å².